The normalized spacial score (nSPS) is 32.9. The van der Waals surface area contributed by atoms with E-state index in [1.807, 2.05) is 11.1 Å². The number of fused-ring (bicyclic) bond motifs is 3. The highest BCUT2D eigenvalue weighted by Gasteiger charge is 2.59. The van der Waals surface area contributed by atoms with Gasteiger partial charge in [0.15, 0.2) is 0 Å². The van der Waals surface area contributed by atoms with Gasteiger partial charge in [-0.3, -0.25) is 0 Å². The van der Waals surface area contributed by atoms with Crippen molar-refractivity contribution >= 4 is 0 Å². The molecule has 7 aliphatic carbocycles. The number of rotatable bonds is 4. The van der Waals surface area contributed by atoms with Gasteiger partial charge >= 0.3 is 0 Å². The Morgan fingerprint density at radius 1 is 0.660 bits per heavy atom. The summed E-state index contributed by atoms with van der Waals surface area (Å²) in [4.78, 5) is 0. The molecule has 4 fully saturated rings. The van der Waals surface area contributed by atoms with E-state index < -0.39 is 0 Å². The van der Waals surface area contributed by atoms with Crippen LogP contribution in [0.3, 0.4) is 0 Å². The van der Waals surface area contributed by atoms with Crippen LogP contribution in [0.5, 0.6) is 0 Å². The zero-order valence-electron chi connectivity index (χ0n) is 32.1. The molecule has 4 saturated carbocycles. The number of allylic oxidation sites excluding steroid dienone is 4. The summed E-state index contributed by atoms with van der Waals surface area (Å²) >= 11 is 0. The summed E-state index contributed by atoms with van der Waals surface area (Å²) in [5.74, 6) is 5.35. The van der Waals surface area contributed by atoms with Crippen molar-refractivity contribution in [3.8, 4) is 11.1 Å². The highest BCUT2D eigenvalue weighted by molar-refractivity contribution is 5.83. The summed E-state index contributed by atoms with van der Waals surface area (Å²) in [5.41, 5.74) is 18.7. The van der Waals surface area contributed by atoms with Crippen molar-refractivity contribution in [3.63, 3.8) is 0 Å². The van der Waals surface area contributed by atoms with Crippen LogP contribution in [0.2, 0.25) is 0 Å². The summed E-state index contributed by atoms with van der Waals surface area (Å²) < 4.78 is 0. The van der Waals surface area contributed by atoms with E-state index in [1.54, 1.807) is 16.7 Å². The van der Waals surface area contributed by atoms with Gasteiger partial charge < -0.3 is 0 Å². The maximum Gasteiger partial charge on any atom is 0.0201 e. The molecule has 0 N–H and O–H groups in total. The van der Waals surface area contributed by atoms with E-state index in [0.717, 1.165) is 17.8 Å². The molecular formula is C47H64. The number of hydrogen-bond acceptors (Lipinski definition) is 0. The fourth-order valence-electron chi connectivity index (χ4n) is 13.4. The molecular weight excluding hydrogens is 565 g/mol. The van der Waals surface area contributed by atoms with E-state index in [-0.39, 0.29) is 16.2 Å². The molecule has 9 rings (SSSR count). The lowest BCUT2D eigenvalue weighted by molar-refractivity contribution is -0.0315. The molecule has 0 heterocycles. The summed E-state index contributed by atoms with van der Waals surface area (Å²) in [7, 11) is 0. The van der Waals surface area contributed by atoms with Gasteiger partial charge in [0.25, 0.3) is 0 Å². The van der Waals surface area contributed by atoms with Crippen molar-refractivity contribution in [2.24, 2.45) is 46.3 Å². The Bertz CT molecular complexity index is 1600. The molecule has 252 valence electrons. The number of aryl methyl sites for hydroxylation is 2. The van der Waals surface area contributed by atoms with Gasteiger partial charge in [-0.25, -0.2) is 0 Å². The van der Waals surface area contributed by atoms with Crippen LogP contribution in [-0.2, 0) is 10.8 Å². The minimum Gasteiger partial charge on any atom is -0.0622 e. The molecule has 0 amide bonds. The lowest BCUT2D eigenvalue weighted by atomic mass is 9.47. The first-order chi connectivity index (χ1) is 21.9. The first-order valence-electron chi connectivity index (χ1n) is 19.7. The smallest absolute Gasteiger partial charge is 0.0201 e. The van der Waals surface area contributed by atoms with Crippen molar-refractivity contribution in [1.29, 1.82) is 0 Å². The molecule has 4 bridgehead atoms. The minimum absolute atomic E-state index is 0.122. The van der Waals surface area contributed by atoms with Crippen LogP contribution in [0.25, 0.3) is 11.1 Å². The van der Waals surface area contributed by atoms with Gasteiger partial charge in [0.2, 0.25) is 0 Å². The first-order valence-corrected chi connectivity index (χ1v) is 19.7. The van der Waals surface area contributed by atoms with Gasteiger partial charge in [-0.15, -0.1) is 0 Å². The Balaban J connectivity index is 1.35. The van der Waals surface area contributed by atoms with Crippen molar-refractivity contribution < 1.29 is 0 Å². The van der Waals surface area contributed by atoms with E-state index in [0.29, 0.717) is 29.1 Å². The van der Waals surface area contributed by atoms with Gasteiger partial charge in [0, 0.05) is 11.3 Å². The third-order valence-electron chi connectivity index (χ3n) is 14.9. The van der Waals surface area contributed by atoms with E-state index >= 15 is 0 Å². The van der Waals surface area contributed by atoms with Crippen molar-refractivity contribution in [2.45, 2.75) is 151 Å². The van der Waals surface area contributed by atoms with E-state index in [9.17, 15) is 0 Å². The summed E-state index contributed by atoms with van der Waals surface area (Å²) in [6.45, 7) is 29.4. The number of benzene rings is 2. The quantitative estimate of drug-likeness (QED) is 0.316. The van der Waals surface area contributed by atoms with Gasteiger partial charge in [-0.1, -0.05) is 111 Å². The van der Waals surface area contributed by atoms with Crippen LogP contribution in [0.1, 0.15) is 160 Å². The second-order valence-corrected chi connectivity index (χ2v) is 20.7. The zero-order chi connectivity index (χ0) is 33.6. The van der Waals surface area contributed by atoms with Crippen molar-refractivity contribution in [1.82, 2.24) is 0 Å². The Morgan fingerprint density at radius 2 is 1.13 bits per heavy atom. The summed E-state index contributed by atoms with van der Waals surface area (Å²) in [6, 6.07) is 10.6. The second kappa shape index (κ2) is 10.2. The molecule has 0 saturated heterocycles. The lowest BCUT2D eigenvalue weighted by Gasteiger charge is -2.58. The first kappa shape index (κ1) is 32.1. The predicted molar refractivity (Wildman–Crippen MR) is 201 cm³/mol. The molecule has 0 aromatic heterocycles. The van der Waals surface area contributed by atoms with Crippen LogP contribution < -0.4 is 0 Å². The molecule has 2 aromatic carbocycles. The zero-order valence-corrected chi connectivity index (χ0v) is 32.1. The fraction of sp³-hybridized carbons (Fsp3) is 0.660. The SMILES string of the molecule is Cc1cc2c(cc1C(C)(C)C)-c1cc(C(C)(C)C)c(C)cc1C2C1(C(C)C)CC(C(C)C)C2=C1C=C(C13CC4CC(CC(C4)C1)C3)C2. The van der Waals surface area contributed by atoms with E-state index in [1.165, 1.54) is 84.7 Å². The minimum atomic E-state index is 0.122. The van der Waals surface area contributed by atoms with Crippen LogP contribution in [0.15, 0.2) is 47.1 Å². The Hall–Kier alpha value is -2.08. The van der Waals surface area contributed by atoms with Gasteiger partial charge in [0.1, 0.15) is 0 Å². The van der Waals surface area contributed by atoms with Crippen molar-refractivity contribution in [3.05, 3.63) is 80.4 Å². The molecule has 2 aromatic rings. The van der Waals surface area contributed by atoms with E-state index in [4.69, 9.17) is 0 Å². The van der Waals surface area contributed by atoms with Gasteiger partial charge in [-0.2, -0.15) is 0 Å². The maximum atomic E-state index is 2.91. The maximum absolute atomic E-state index is 2.91. The molecule has 0 spiro atoms. The van der Waals surface area contributed by atoms with Crippen LogP contribution in [0, 0.1) is 60.2 Å². The Labute approximate surface area is 288 Å². The fourth-order valence-corrected chi connectivity index (χ4v) is 13.4. The highest BCUT2D eigenvalue weighted by Crippen LogP contribution is 2.71. The summed E-state index contributed by atoms with van der Waals surface area (Å²) in [5, 5.41) is 0. The van der Waals surface area contributed by atoms with Crippen LogP contribution in [0.4, 0.5) is 0 Å². The van der Waals surface area contributed by atoms with Gasteiger partial charge in [0.05, 0.1) is 0 Å². The molecule has 2 unspecified atom stereocenters. The molecule has 0 heteroatoms. The average molecular weight is 629 g/mol. The third-order valence-corrected chi connectivity index (χ3v) is 14.9. The predicted octanol–water partition coefficient (Wildman–Crippen LogP) is 13.2. The summed E-state index contributed by atoms with van der Waals surface area (Å²) in [6.07, 6.45) is 14.6. The van der Waals surface area contributed by atoms with Crippen LogP contribution >= 0.6 is 0 Å². The molecule has 7 aliphatic rings. The third kappa shape index (κ3) is 4.57. The number of hydrogen-bond donors (Lipinski definition) is 0. The largest absolute Gasteiger partial charge is 0.0622 e. The van der Waals surface area contributed by atoms with Gasteiger partial charge in [-0.05, 0) is 167 Å². The Kier molecular flexibility index (Phi) is 7.00. The van der Waals surface area contributed by atoms with E-state index in [2.05, 4.69) is 113 Å². The molecule has 0 radical (unpaired) electrons. The van der Waals surface area contributed by atoms with Crippen LogP contribution in [-0.4, -0.2) is 0 Å². The second-order valence-electron chi connectivity index (χ2n) is 20.7. The molecule has 0 nitrogen and oxygen atoms in total. The molecule has 0 aliphatic heterocycles. The monoisotopic (exact) mass is 629 g/mol. The Morgan fingerprint density at radius 3 is 1.53 bits per heavy atom. The lowest BCUT2D eigenvalue weighted by Crippen LogP contribution is -2.47. The topological polar surface area (TPSA) is 0 Å². The molecule has 2 atom stereocenters. The standard InChI is InChI=1S/C47H64/c1-26(2)39-25-47(27(3)4,42-19-33(18-36(39)42)46-22-30-15-31(23-46)17-32(16-30)24-46)43-37-13-28(5)40(44(7,8)9)20-34(37)35-21-41(45(10,11)12)29(6)14-38(35)43/h13-14,19-21,26-27,30-32,39,43H,15-18,22-25H2,1-12H3. The van der Waals surface area contributed by atoms with Crippen molar-refractivity contribution in [2.75, 3.05) is 0 Å². The molecule has 47 heavy (non-hydrogen) atoms. The highest BCUT2D eigenvalue weighted by atomic mass is 14.6. The average Bonchev–Trinajstić information content (AvgIpc) is 3.60.